The average molecular weight is 297 g/mol. The second kappa shape index (κ2) is 5.38. The molecule has 0 aliphatic heterocycles. The molecular formula is C12H13ClN4O3. The summed E-state index contributed by atoms with van der Waals surface area (Å²) in [6.07, 6.45) is 0. The van der Waals surface area contributed by atoms with Crippen LogP contribution in [0.5, 0.6) is 5.75 Å². The molecule has 1 heterocycles. The highest BCUT2D eigenvalue weighted by Crippen LogP contribution is 2.31. The number of rotatable bonds is 3. The fourth-order valence-corrected chi connectivity index (χ4v) is 1.77. The molecule has 0 fully saturated rings. The summed E-state index contributed by atoms with van der Waals surface area (Å²) in [5.74, 6) is -0.192. The summed E-state index contributed by atoms with van der Waals surface area (Å²) in [6, 6.07) is 3.29. The summed E-state index contributed by atoms with van der Waals surface area (Å²) < 4.78 is 6.19. The molecule has 8 heteroatoms. The van der Waals surface area contributed by atoms with Crippen molar-refractivity contribution in [3.8, 4) is 5.75 Å². The monoisotopic (exact) mass is 296 g/mol. The molecule has 2 aromatic rings. The van der Waals surface area contributed by atoms with Gasteiger partial charge in [0, 0.05) is 18.1 Å². The number of nitrogens with one attached hydrogen (secondary N) is 2. The number of methoxy groups -OCH3 is 1. The first-order valence-corrected chi connectivity index (χ1v) is 6.09. The van der Waals surface area contributed by atoms with Crippen molar-refractivity contribution < 1.29 is 9.53 Å². The predicted molar refractivity (Wildman–Crippen MR) is 74.5 cm³/mol. The molecule has 20 heavy (non-hydrogen) atoms. The molecule has 0 aliphatic rings. The molecule has 0 saturated carbocycles. The lowest BCUT2D eigenvalue weighted by molar-refractivity contribution is 0.101. The van der Waals surface area contributed by atoms with Crippen molar-refractivity contribution >= 4 is 23.2 Å². The van der Waals surface area contributed by atoms with Crippen LogP contribution in [0.15, 0.2) is 16.9 Å². The highest BCUT2D eigenvalue weighted by molar-refractivity contribution is 6.31. The van der Waals surface area contributed by atoms with Crippen molar-refractivity contribution in [3.63, 3.8) is 0 Å². The van der Waals surface area contributed by atoms with E-state index in [0.29, 0.717) is 16.5 Å². The number of amides is 1. The van der Waals surface area contributed by atoms with Crippen LogP contribution < -0.4 is 15.7 Å². The van der Waals surface area contributed by atoms with Crippen LogP contribution in [0.1, 0.15) is 16.2 Å². The Bertz CT molecular complexity index is 720. The SMILES string of the molecule is COc1cc(Cl)c(C)cc1NC(=O)c1nn(C)c(=O)[nH]1. The van der Waals surface area contributed by atoms with Crippen LogP contribution in [0.4, 0.5) is 5.69 Å². The van der Waals surface area contributed by atoms with Crippen molar-refractivity contribution in [2.45, 2.75) is 6.92 Å². The maximum absolute atomic E-state index is 12.0. The smallest absolute Gasteiger partial charge is 0.343 e. The topological polar surface area (TPSA) is 89.0 Å². The quantitative estimate of drug-likeness (QED) is 0.894. The largest absolute Gasteiger partial charge is 0.495 e. The number of halogens is 1. The third kappa shape index (κ3) is 2.67. The summed E-state index contributed by atoms with van der Waals surface area (Å²) in [7, 11) is 2.92. The number of H-pyrrole nitrogens is 1. The molecule has 0 bridgehead atoms. The average Bonchev–Trinajstić information content (AvgIpc) is 2.74. The van der Waals surface area contributed by atoms with Gasteiger partial charge >= 0.3 is 5.69 Å². The molecule has 0 saturated heterocycles. The third-order valence-corrected chi connectivity index (χ3v) is 3.12. The standard InChI is InChI=1S/C12H13ClN4O3/c1-6-4-8(9(20-3)5-7(6)13)14-11(18)10-15-12(19)17(2)16-10/h4-5H,1-3H3,(H,14,18)(H,15,16,19). The molecular weight excluding hydrogens is 284 g/mol. The van der Waals surface area contributed by atoms with Gasteiger partial charge in [0.1, 0.15) is 5.75 Å². The van der Waals surface area contributed by atoms with Crippen LogP contribution in [0, 0.1) is 6.92 Å². The summed E-state index contributed by atoms with van der Waals surface area (Å²) in [6.45, 7) is 1.81. The van der Waals surface area contributed by atoms with E-state index >= 15 is 0 Å². The highest BCUT2D eigenvalue weighted by atomic mass is 35.5. The van der Waals surface area contributed by atoms with Crippen LogP contribution in [0.25, 0.3) is 0 Å². The molecule has 0 aliphatic carbocycles. The van der Waals surface area contributed by atoms with Gasteiger partial charge in [-0.3, -0.25) is 9.78 Å². The minimum atomic E-state index is -0.539. The molecule has 1 aromatic heterocycles. The Kier molecular flexibility index (Phi) is 3.80. The van der Waals surface area contributed by atoms with E-state index in [9.17, 15) is 9.59 Å². The van der Waals surface area contributed by atoms with Crippen molar-refractivity contribution in [1.82, 2.24) is 14.8 Å². The maximum atomic E-state index is 12.0. The van der Waals surface area contributed by atoms with E-state index in [4.69, 9.17) is 16.3 Å². The number of hydrogen-bond donors (Lipinski definition) is 2. The van der Waals surface area contributed by atoms with E-state index < -0.39 is 11.6 Å². The number of hydrogen-bond acceptors (Lipinski definition) is 4. The van der Waals surface area contributed by atoms with Gasteiger partial charge < -0.3 is 10.1 Å². The molecule has 1 amide bonds. The van der Waals surface area contributed by atoms with Gasteiger partial charge in [-0.05, 0) is 18.6 Å². The number of benzene rings is 1. The van der Waals surface area contributed by atoms with E-state index in [1.807, 2.05) is 0 Å². The number of aryl methyl sites for hydroxylation is 2. The van der Waals surface area contributed by atoms with E-state index in [1.54, 1.807) is 19.1 Å². The van der Waals surface area contributed by atoms with Gasteiger partial charge in [0.2, 0.25) is 5.82 Å². The minimum Gasteiger partial charge on any atom is -0.495 e. The molecule has 0 radical (unpaired) electrons. The summed E-state index contributed by atoms with van der Waals surface area (Å²) in [5.41, 5.74) is 0.776. The number of aromatic amines is 1. The van der Waals surface area contributed by atoms with Gasteiger partial charge in [-0.25, -0.2) is 9.48 Å². The highest BCUT2D eigenvalue weighted by Gasteiger charge is 2.15. The summed E-state index contributed by atoms with van der Waals surface area (Å²) in [4.78, 5) is 25.6. The van der Waals surface area contributed by atoms with Crippen LogP contribution >= 0.6 is 11.6 Å². The fraction of sp³-hybridized carbons (Fsp3) is 0.250. The Morgan fingerprint density at radius 1 is 1.50 bits per heavy atom. The normalized spacial score (nSPS) is 10.4. The summed E-state index contributed by atoms with van der Waals surface area (Å²) >= 11 is 5.99. The van der Waals surface area contributed by atoms with E-state index in [1.165, 1.54) is 14.2 Å². The Morgan fingerprint density at radius 3 is 2.75 bits per heavy atom. The zero-order valence-corrected chi connectivity index (χ0v) is 11.9. The zero-order chi connectivity index (χ0) is 14.9. The van der Waals surface area contributed by atoms with Crippen LogP contribution in [0.3, 0.4) is 0 Å². The molecule has 0 atom stereocenters. The second-order valence-electron chi connectivity index (χ2n) is 4.16. The summed E-state index contributed by atoms with van der Waals surface area (Å²) in [5, 5.41) is 6.92. The van der Waals surface area contributed by atoms with Crippen molar-refractivity contribution in [2.75, 3.05) is 12.4 Å². The van der Waals surface area contributed by atoms with Gasteiger partial charge in [0.05, 0.1) is 12.8 Å². The molecule has 1 aromatic carbocycles. The van der Waals surface area contributed by atoms with Gasteiger partial charge in [0.15, 0.2) is 0 Å². The first kappa shape index (κ1) is 14.1. The first-order chi connectivity index (χ1) is 9.42. The van der Waals surface area contributed by atoms with Crippen molar-refractivity contribution in [2.24, 2.45) is 7.05 Å². The maximum Gasteiger partial charge on any atom is 0.343 e. The van der Waals surface area contributed by atoms with Gasteiger partial charge in [0.25, 0.3) is 5.91 Å². The van der Waals surface area contributed by atoms with Crippen LogP contribution in [0.2, 0.25) is 5.02 Å². The van der Waals surface area contributed by atoms with Gasteiger partial charge in [-0.15, -0.1) is 5.10 Å². The van der Waals surface area contributed by atoms with Crippen LogP contribution in [-0.2, 0) is 7.05 Å². The first-order valence-electron chi connectivity index (χ1n) is 5.71. The van der Waals surface area contributed by atoms with Crippen molar-refractivity contribution in [3.05, 3.63) is 39.0 Å². The molecule has 106 valence electrons. The lowest BCUT2D eigenvalue weighted by Gasteiger charge is -2.11. The molecule has 0 unspecified atom stereocenters. The Morgan fingerprint density at radius 2 is 2.20 bits per heavy atom. The number of ether oxygens (including phenoxy) is 1. The predicted octanol–water partition coefficient (Wildman–Crippen LogP) is 1.33. The number of nitrogens with zero attached hydrogens (tertiary/aromatic N) is 2. The molecule has 2 N–H and O–H groups in total. The number of carbonyl (C=O) groups excluding carboxylic acids is 1. The number of carbonyl (C=O) groups is 1. The molecule has 2 rings (SSSR count). The third-order valence-electron chi connectivity index (χ3n) is 2.71. The van der Waals surface area contributed by atoms with E-state index in [0.717, 1.165) is 10.2 Å². The Balaban J connectivity index is 2.32. The van der Waals surface area contributed by atoms with E-state index in [-0.39, 0.29) is 5.82 Å². The lowest BCUT2D eigenvalue weighted by atomic mass is 10.2. The fourth-order valence-electron chi connectivity index (χ4n) is 1.62. The zero-order valence-electron chi connectivity index (χ0n) is 11.2. The second-order valence-corrected chi connectivity index (χ2v) is 4.57. The Labute approximate surface area is 119 Å². The number of aromatic nitrogens is 3. The Hall–Kier alpha value is -2.28. The molecule has 0 spiro atoms. The van der Waals surface area contributed by atoms with Gasteiger partial charge in [-0.2, -0.15) is 0 Å². The van der Waals surface area contributed by atoms with Gasteiger partial charge in [-0.1, -0.05) is 11.6 Å². The molecule has 7 nitrogen and oxygen atoms in total. The minimum absolute atomic E-state index is 0.0767. The number of anilines is 1. The lowest BCUT2D eigenvalue weighted by Crippen LogP contribution is -2.15. The van der Waals surface area contributed by atoms with Crippen molar-refractivity contribution in [1.29, 1.82) is 0 Å². The van der Waals surface area contributed by atoms with Crippen LogP contribution in [-0.4, -0.2) is 27.8 Å². The van der Waals surface area contributed by atoms with E-state index in [2.05, 4.69) is 15.4 Å².